The Morgan fingerprint density at radius 3 is 2.54 bits per heavy atom. The Morgan fingerprint density at radius 2 is 1.89 bits per heavy atom. The number of nitrogens with zero attached hydrogens (tertiary/aromatic N) is 3. The summed E-state index contributed by atoms with van der Waals surface area (Å²) in [5, 5.41) is 4.94. The normalized spacial score (nSPS) is 11.4. The van der Waals surface area contributed by atoms with Gasteiger partial charge in [0.1, 0.15) is 23.1 Å². The number of hydrogen-bond acceptors (Lipinski definition) is 6. The van der Waals surface area contributed by atoms with Gasteiger partial charge in [0.25, 0.3) is 0 Å². The van der Waals surface area contributed by atoms with E-state index in [1.807, 2.05) is 6.07 Å². The zero-order valence-electron chi connectivity index (χ0n) is 15.7. The van der Waals surface area contributed by atoms with Crippen LogP contribution in [-0.2, 0) is 15.6 Å². The van der Waals surface area contributed by atoms with Gasteiger partial charge in [0.15, 0.2) is 15.7 Å². The molecule has 0 atom stereocenters. The summed E-state index contributed by atoms with van der Waals surface area (Å²) in [7, 11) is -0.212. The van der Waals surface area contributed by atoms with Crippen molar-refractivity contribution in [3.63, 3.8) is 0 Å². The van der Waals surface area contributed by atoms with E-state index in [0.717, 1.165) is 0 Å². The van der Waals surface area contributed by atoms with Gasteiger partial charge in [-0.05, 0) is 30.3 Å². The number of ether oxygens (including phenoxy) is 2. The fraction of sp³-hybridized carbons (Fsp3) is 0.263. The van der Waals surface area contributed by atoms with Crippen molar-refractivity contribution < 1.29 is 17.9 Å². The van der Waals surface area contributed by atoms with Gasteiger partial charge in [0.05, 0.1) is 24.9 Å². The Bertz CT molecular complexity index is 1100. The zero-order chi connectivity index (χ0) is 20.3. The average molecular weight is 422 g/mol. The molecule has 3 rings (SSSR count). The third kappa shape index (κ3) is 4.28. The largest absolute Gasteiger partial charge is 0.497 e. The van der Waals surface area contributed by atoms with Crippen molar-refractivity contribution in [2.45, 2.75) is 12.7 Å². The quantitative estimate of drug-likeness (QED) is 0.580. The van der Waals surface area contributed by atoms with Crippen molar-refractivity contribution in [1.29, 1.82) is 0 Å². The van der Waals surface area contributed by atoms with Gasteiger partial charge in [-0.3, -0.25) is 0 Å². The van der Waals surface area contributed by atoms with Crippen molar-refractivity contribution in [2.75, 3.05) is 20.0 Å². The highest BCUT2D eigenvalue weighted by atomic mass is 35.5. The molecule has 0 saturated carbocycles. The topological polar surface area (TPSA) is 83.3 Å². The van der Waals surface area contributed by atoms with E-state index in [-0.39, 0.29) is 11.5 Å². The molecule has 0 fully saturated rings. The van der Waals surface area contributed by atoms with Crippen LogP contribution in [0.4, 0.5) is 0 Å². The van der Waals surface area contributed by atoms with E-state index in [1.165, 1.54) is 11.8 Å². The van der Waals surface area contributed by atoms with Gasteiger partial charge in [0, 0.05) is 17.4 Å². The third-order valence-electron chi connectivity index (χ3n) is 4.17. The molecule has 1 heterocycles. The highest BCUT2D eigenvalue weighted by Gasteiger charge is 2.20. The van der Waals surface area contributed by atoms with E-state index in [2.05, 4.69) is 10.1 Å². The molecular weight excluding hydrogens is 402 g/mol. The van der Waals surface area contributed by atoms with E-state index >= 15 is 0 Å². The number of halogens is 1. The van der Waals surface area contributed by atoms with Crippen molar-refractivity contribution >= 4 is 21.4 Å². The molecule has 0 aliphatic carbocycles. The summed E-state index contributed by atoms with van der Waals surface area (Å²) in [6.45, 7) is 1.60. The second-order valence-electron chi connectivity index (χ2n) is 5.99. The van der Waals surface area contributed by atoms with Crippen LogP contribution in [0.5, 0.6) is 11.5 Å². The van der Waals surface area contributed by atoms with Crippen LogP contribution < -0.4 is 9.47 Å². The predicted molar refractivity (Wildman–Crippen MR) is 108 cm³/mol. The Labute approximate surface area is 168 Å². The van der Waals surface area contributed by atoms with Crippen LogP contribution in [0.15, 0.2) is 42.5 Å². The standard InChI is InChI=1S/C19H20ClN3O4S/c1-4-28(24,25)12-18-21-19(13-8-9-17(27-3)16(20)10-13)22-23(18)14-6-5-7-15(11-14)26-2/h5-11H,4,12H2,1-3H3. The summed E-state index contributed by atoms with van der Waals surface area (Å²) in [5.74, 6) is 1.64. The summed E-state index contributed by atoms with van der Waals surface area (Å²) in [5.41, 5.74) is 1.31. The Morgan fingerprint density at radius 1 is 1.11 bits per heavy atom. The van der Waals surface area contributed by atoms with Gasteiger partial charge in [-0.2, -0.15) is 0 Å². The minimum absolute atomic E-state index is 0.0155. The van der Waals surface area contributed by atoms with E-state index in [1.54, 1.807) is 50.4 Å². The number of rotatable bonds is 7. The highest BCUT2D eigenvalue weighted by Crippen LogP contribution is 2.29. The molecule has 0 N–H and O–H groups in total. The van der Waals surface area contributed by atoms with Crippen molar-refractivity contribution in [1.82, 2.24) is 14.8 Å². The van der Waals surface area contributed by atoms with Gasteiger partial charge >= 0.3 is 0 Å². The molecule has 7 nitrogen and oxygen atoms in total. The Balaban J connectivity index is 2.13. The van der Waals surface area contributed by atoms with Crippen LogP contribution >= 0.6 is 11.6 Å². The van der Waals surface area contributed by atoms with E-state index in [4.69, 9.17) is 21.1 Å². The number of methoxy groups -OCH3 is 2. The summed E-state index contributed by atoms with van der Waals surface area (Å²) < 4.78 is 36.4. The second-order valence-corrected chi connectivity index (χ2v) is 8.75. The number of hydrogen-bond donors (Lipinski definition) is 0. The van der Waals surface area contributed by atoms with E-state index in [0.29, 0.717) is 39.4 Å². The minimum atomic E-state index is -3.31. The molecule has 0 aliphatic rings. The summed E-state index contributed by atoms with van der Waals surface area (Å²) in [4.78, 5) is 4.47. The molecule has 0 radical (unpaired) electrons. The van der Waals surface area contributed by atoms with Gasteiger partial charge in [-0.25, -0.2) is 18.1 Å². The number of sulfone groups is 1. The number of aromatic nitrogens is 3. The lowest BCUT2D eigenvalue weighted by molar-refractivity contribution is 0.414. The first kappa shape index (κ1) is 20.2. The maximum atomic E-state index is 12.2. The summed E-state index contributed by atoms with van der Waals surface area (Å²) in [6.07, 6.45) is 0. The zero-order valence-corrected chi connectivity index (χ0v) is 17.3. The van der Waals surface area contributed by atoms with Gasteiger partial charge in [-0.1, -0.05) is 24.6 Å². The maximum absolute atomic E-state index is 12.2. The first-order valence-electron chi connectivity index (χ1n) is 8.51. The average Bonchev–Trinajstić information content (AvgIpc) is 3.11. The van der Waals surface area contributed by atoms with Crippen LogP contribution in [0.1, 0.15) is 12.7 Å². The molecule has 0 aliphatic heterocycles. The van der Waals surface area contributed by atoms with Crippen molar-refractivity contribution in [3.8, 4) is 28.6 Å². The van der Waals surface area contributed by atoms with Gasteiger partial charge in [0.2, 0.25) is 0 Å². The fourth-order valence-corrected chi connectivity index (χ4v) is 3.66. The lowest BCUT2D eigenvalue weighted by atomic mass is 10.2. The van der Waals surface area contributed by atoms with Gasteiger partial charge < -0.3 is 9.47 Å². The van der Waals surface area contributed by atoms with Crippen LogP contribution in [0, 0.1) is 0 Å². The lowest BCUT2D eigenvalue weighted by Crippen LogP contribution is -2.12. The molecule has 3 aromatic rings. The van der Waals surface area contributed by atoms with E-state index in [9.17, 15) is 8.42 Å². The number of benzene rings is 2. The molecule has 0 spiro atoms. The molecule has 0 unspecified atom stereocenters. The second kappa shape index (κ2) is 8.20. The molecule has 28 heavy (non-hydrogen) atoms. The van der Waals surface area contributed by atoms with Crippen LogP contribution in [0.2, 0.25) is 5.02 Å². The molecule has 9 heteroatoms. The first-order chi connectivity index (χ1) is 13.4. The smallest absolute Gasteiger partial charge is 0.181 e. The molecule has 0 amide bonds. The third-order valence-corrected chi connectivity index (χ3v) is 6.04. The van der Waals surface area contributed by atoms with Crippen LogP contribution in [0.3, 0.4) is 0 Å². The lowest BCUT2D eigenvalue weighted by Gasteiger charge is -2.07. The fourth-order valence-electron chi connectivity index (χ4n) is 2.61. The van der Waals surface area contributed by atoms with Crippen molar-refractivity contribution in [2.24, 2.45) is 0 Å². The monoisotopic (exact) mass is 421 g/mol. The first-order valence-corrected chi connectivity index (χ1v) is 10.7. The van der Waals surface area contributed by atoms with Crippen LogP contribution in [0.25, 0.3) is 17.1 Å². The highest BCUT2D eigenvalue weighted by molar-refractivity contribution is 7.90. The molecular formula is C19H20ClN3O4S. The van der Waals surface area contributed by atoms with Crippen LogP contribution in [-0.4, -0.2) is 43.2 Å². The molecule has 0 bridgehead atoms. The molecule has 0 saturated heterocycles. The summed E-state index contributed by atoms with van der Waals surface area (Å²) >= 11 is 6.21. The summed E-state index contributed by atoms with van der Waals surface area (Å²) in [6, 6.07) is 12.3. The maximum Gasteiger partial charge on any atom is 0.181 e. The SMILES string of the molecule is CCS(=O)(=O)Cc1nc(-c2ccc(OC)c(Cl)c2)nn1-c1cccc(OC)c1. The molecule has 148 valence electrons. The Hall–Kier alpha value is -2.58. The molecule has 1 aromatic heterocycles. The van der Waals surface area contributed by atoms with Gasteiger partial charge in [-0.15, -0.1) is 5.10 Å². The minimum Gasteiger partial charge on any atom is -0.497 e. The predicted octanol–water partition coefficient (Wildman–Crippen LogP) is 3.54. The Kier molecular flexibility index (Phi) is 5.90. The van der Waals surface area contributed by atoms with Crippen molar-refractivity contribution in [3.05, 3.63) is 53.3 Å². The van der Waals surface area contributed by atoms with E-state index < -0.39 is 9.84 Å². The molecule has 2 aromatic carbocycles.